The molecule has 0 saturated heterocycles. The molecule has 0 fully saturated rings. The minimum Gasteiger partial charge on any atom is -0.381 e. The van der Waals surface area contributed by atoms with E-state index < -0.39 is 0 Å². The van der Waals surface area contributed by atoms with Crippen molar-refractivity contribution in [3.05, 3.63) is 29.6 Å². The molecule has 0 radical (unpaired) electrons. The first-order valence-electron chi connectivity index (χ1n) is 5.45. The van der Waals surface area contributed by atoms with Crippen molar-refractivity contribution in [2.75, 3.05) is 13.2 Å². The summed E-state index contributed by atoms with van der Waals surface area (Å²) in [7, 11) is 0. The van der Waals surface area contributed by atoms with Gasteiger partial charge in [0.1, 0.15) is 5.82 Å². The minimum absolute atomic E-state index is 0.416. The number of H-pyrrole nitrogens is 1. The first-order valence-corrected chi connectivity index (χ1v) is 5.98. The molecule has 1 N–H and O–H groups in total. The Bertz CT molecular complexity index is 467. The number of fused-ring (bicyclic) bond motifs is 1. The highest BCUT2D eigenvalue weighted by atomic mass is 35.5. The molecule has 0 aliphatic heterocycles. The molecule has 16 heavy (non-hydrogen) atoms. The van der Waals surface area contributed by atoms with Gasteiger partial charge in [0.05, 0.1) is 23.5 Å². The Hall–Kier alpha value is -1.06. The smallest absolute Gasteiger partial charge is 0.122 e. The second-order valence-electron chi connectivity index (χ2n) is 3.58. The van der Waals surface area contributed by atoms with Crippen LogP contribution in [0.3, 0.4) is 0 Å². The molecule has 0 aliphatic rings. The van der Waals surface area contributed by atoms with Crippen LogP contribution in [0.15, 0.2) is 18.2 Å². The van der Waals surface area contributed by atoms with Gasteiger partial charge in [0.2, 0.25) is 0 Å². The summed E-state index contributed by atoms with van der Waals surface area (Å²) in [4.78, 5) is 7.66. The van der Waals surface area contributed by atoms with E-state index in [-0.39, 0.29) is 0 Å². The zero-order valence-electron chi connectivity index (χ0n) is 9.29. The zero-order valence-corrected chi connectivity index (χ0v) is 10.0. The van der Waals surface area contributed by atoms with Crippen molar-refractivity contribution in [1.82, 2.24) is 9.97 Å². The average molecular weight is 239 g/mol. The Kier molecular flexibility index (Phi) is 3.80. The number of alkyl halides is 1. The predicted octanol–water partition coefficient (Wildman–Crippen LogP) is 2.88. The maximum atomic E-state index is 5.76. The van der Waals surface area contributed by atoms with Crippen LogP contribution in [-0.2, 0) is 17.0 Å². The molecule has 0 amide bonds. The first-order chi connectivity index (χ1) is 7.85. The third-order valence-electron chi connectivity index (χ3n) is 2.49. The molecule has 0 atom stereocenters. The molecule has 86 valence electrons. The Morgan fingerprint density at radius 2 is 2.31 bits per heavy atom. The van der Waals surface area contributed by atoms with Crippen LogP contribution in [0.1, 0.15) is 18.3 Å². The monoisotopic (exact) mass is 238 g/mol. The van der Waals surface area contributed by atoms with Crippen molar-refractivity contribution in [1.29, 1.82) is 0 Å². The SMILES string of the molecule is CCOCCc1cccc2[nH]c(CCl)nc12. The van der Waals surface area contributed by atoms with Crippen LogP contribution in [0.2, 0.25) is 0 Å². The van der Waals surface area contributed by atoms with Gasteiger partial charge in [-0.15, -0.1) is 11.6 Å². The van der Waals surface area contributed by atoms with Gasteiger partial charge in [0, 0.05) is 6.61 Å². The molecule has 0 aliphatic carbocycles. The van der Waals surface area contributed by atoms with E-state index in [9.17, 15) is 0 Å². The highest BCUT2D eigenvalue weighted by Gasteiger charge is 2.06. The van der Waals surface area contributed by atoms with Gasteiger partial charge in [-0.1, -0.05) is 12.1 Å². The van der Waals surface area contributed by atoms with Crippen molar-refractivity contribution < 1.29 is 4.74 Å². The predicted molar refractivity (Wildman–Crippen MR) is 65.8 cm³/mol. The zero-order chi connectivity index (χ0) is 11.4. The van der Waals surface area contributed by atoms with Crippen LogP contribution < -0.4 is 0 Å². The van der Waals surface area contributed by atoms with Gasteiger partial charge < -0.3 is 9.72 Å². The van der Waals surface area contributed by atoms with Crippen molar-refractivity contribution in [2.45, 2.75) is 19.2 Å². The van der Waals surface area contributed by atoms with Gasteiger partial charge in [0.25, 0.3) is 0 Å². The number of benzene rings is 1. The summed E-state index contributed by atoms with van der Waals surface area (Å²) in [6.07, 6.45) is 0.887. The number of hydrogen-bond donors (Lipinski definition) is 1. The third kappa shape index (κ3) is 2.36. The molecule has 2 aromatic rings. The van der Waals surface area contributed by atoms with E-state index in [4.69, 9.17) is 16.3 Å². The van der Waals surface area contributed by atoms with E-state index in [0.717, 1.165) is 36.5 Å². The number of ether oxygens (including phenoxy) is 1. The quantitative estimate of drug-likeness (QED) is 0.643. The van der Waals surface area contributed by atoms with Gasteiger partial charge in [0.15, 0.2) is 0 Å². The molecule has 0 unspecified atom stereocenters. The lowest BCUT2D eigenvalue weighted by atomic mass is 10.1. The Labute approximate surface area is 99.8 Å². The molecule has 3 nitrogen and oxygen atoms in total. The number of nitrogens with zero attached hydrogens (tertiary/aromatic N) is 1. The summed E-state index contributed by atoms with van der Waals surface area (Å²) in [5.74, 6) is 1.24. The van der Waals surface area contributed by atoms with E-state index in [1.165, 1.54) is 5.56 Å². The van der Waals surface area contributed by atoms with Gasteiger partial charge in [-0.3, -0.25) is 0 Å². The second kappa shape index (κ2) is 5.32. The number of aromatic amines is 1. The topological polar surface area (TPSA) is 37.9 Å². The largest absolute Gasteiger partial charge is 0.381 e. The van der Waals surface area contributed by atoms with E-state index in [2.05, 4.69) is 16.0 Å². The van der Waals surface area contributed by atoms with Crippen LogP contribution in [-0.4, -0.2) is 23.2 Å². The van der Waals surface area contributed by atoms with E-state index in [1.807, 2.05) is 19.1 Å². The average Bonchev–Trinajstić information content (AvgIpc) is 2.73. The number of halogens is 1. The maximum Gasteiger partial charge on any atom is 0.122 e. The lowest BCUT2D eigenvalue weighted by Gasteiger charge is -2.02. The second-order valence-corrected chi connectivity index (χ2v) is 3.84. The van der Waals surface area contributed by atoms with E-state index in [0.29, 0.717) is 5.88 Å². The third-order valence-corrected chi connectivity index (χ3v) is 2.74. The fourth-order valence-electron chi connectivity index (χ4n) is 1.73. The van der Waals surface area contributed by atoms with Crippen LogP contribution >= 0.6 is 11.6 Å². The number of hydrogen-bond acceptors (Lipinski definition) is 2. The summed E-state index contributed by atoms with van der Waals surface area (Å²) in [5, 5.41) is 0. The molecule has 1 aromatic heterocycles. The molecular formula is C12H15ClN2O. The summed E-state index contributed by atoms with van der Waals surface area (Å²) < 4.78 is 5.36. The van der Waals surface area contributed by atoms with Crippen LogP contribution in [0.5, 0.6) is 0 Å². The van der Waals surface area contributed by atoms with E-state index >= 15 is 0 Å². The summed E-state index contributed by atoms with van der Waals surface area (Å²) in [6.45, 7) is 3.49. The maximum absolute atomic E-state index is 5.76. The summed E-state index contributed by atoms with van der Waals surface area (Å²) in [6, 6.07) is 6.13. The Balaban J connectivity index is 2.26. The van der Waals surface area contributed by atoms with Crippen molar-refractivity contribution in [3.63, 3.8) is 0 Å². The van der Waals surface area contributed by atoms with Gasteiger partial charge in [-0.2, -0.15) is 0 Å². The minimum atomic E-state index is 0.416. The molecule has 1 heterocycles. The van der Waals surface area contributed by atoms with Crippen molar-refractivity contribution >= 4 is 22.6 Å². The molecule has 0 saturated carbocycles. The van der Waals surface area contributed by atoms with Gasteiger partial charge >= 0.3 is 0 Å². The van der Waals surface area contributed by atoms with E-state index in [1.54, 1.807) is 0 Å². The Morgan fingerprint density at radius 1 is 1.44 bits per heavy atom. The molecule has 2 rings (SSSR count). The number of para-hydroxylation sites is 1. The molecule has 0 bridgehead atoms. The lowest BCUT2D eigenvalue weighted by Crippen LogP contribution is -1.98. The molecule has 4 heteroatoms. The summed E-state index contributed by atoms with van der Waals surface area (Å²) >= 11 is 5.76. The summed E-state index contributed by atoms with van der Waals surface area (Å²) in [5.41, 5.74) is 3.26. The van der Waals surface area contributed by atoms with Crippen molar-refractivity contribution in [3.8, 4) is 0 Å². The lowest BCUT2D eigenvalue weighted by molar-refractivity contribution is 0.151. The molecule has 0 spiro atoms. The normalized spacial score (nSPS) is 11.1. The number of rotatable bonds is 5. The highest BCUT2D eigenvalue weighted by Crippen LogP contribution is 2.17. The standard InChI is InChI=1S/C12H15ClN2O/c1-2-16-7-6-9-4-3-5-10-12(9)15-11(8-13)14-10/h3-5H,2,6-8H2,1H3,(H,14,15). The van der Waals surface area contributed by atoms with Gasteiger partial charge in [-0.25, -0.2) is 4.98 Å². The number of nitrogens with one attached hydrogen (secondary N) is 1. The molecular weight excluding hydrogens is 224 g/mol. The fraction of sp³-hybridized carbons (Fsp3) is 0.417. The fourth-order valence-corrected chi connectivity index (χ4v) is 1.86. The van der Waals surface area contributed by atoms with Gasteiger partial charge in [-0.05, 0) is 25.0 Å². The highest BCUT2D eigenvalue weighted by molar-refractivity contribution is 6.16. The van der Waals surface area contributed by atoms with Crippen LogP contribution in [0, 0.1) is 0 Å². The molecule has 1 aromatic carbocycles. The van der Waals surface area contributed by atoms with Crippen LogP contribution in [0.4, 0.5) is 0 Å². The van der Waals surface area contributed by atoms with Crippen molar-refractivity contribution in [2.24, 2.45) is 0 Å². The Morgan fingerprint density at radius 3 is 3.06 bits per heavy atom. The number of aromatic nitrogens is 2. The number of imidazole rings is 1. The van der Waals surface area contributed by atoms with Crippen LogP contribution in [0.25, 0.3) is 11.0 Å². The first kappa shape index (κ1) is 11.4.